The molecular weight excluding hydrogens is 434 g/mol. The first kappa shape index (κ1) is 22.7. The van der Waals surface area contributed by atoms with Crippen molar-refractivity contribution in [3.05, 3.63) is 83.4 Å². The Bertz CT molecular complexity index is 1250. The first-order valence-corrected chi connectivity index (χ1v) is 11.1. The topological polar surface area (TPSA) is 57.3 Å². The van der Waals surface area contributed by atoms with Crippen LogP contribution in [0.25, 0.3) is 17.1 Å². The predicted octanol–water partition coefficient (Wildman–Crippen LogP) is 4.75. The van der Waals surface area contributed by atoms with Gasteiger partial charge in [0.1, 0.15) is 18.1 Å². The molecule has 0 amide bonds. The summed E-state index contributed by atoms with van der Waals surface area (Å²) >= 11 is 5.84. The smallest absolute Gasteiger partial charge is 0.204 e. The Balaban J connectivity index is 1.55. The number of rotatable bonds is 9. The van der Waals surface area contributed by atoms with E-state index >= 15 is 0 Å². The minimum atomic E-state index is 0.539. The molecule has 4 rings (SSSR count). The van der Waals surface area contributed by atoms with Crippen molar-refractivity contribution < 1.29 is 9.47 Å². The highest BCUT2D eigenvalue weighted by atomic mass is 32.1. The van der Waals surface area contributed by atoms with Crippen LogP contribution in [0, 0.1) is 11.7 Å². The van der Waals surface area contributed by atoms with Crippen molar-refractivity contribution >= 4 is 12.2 Å². The number of pyridine rings is 1. The molecule has 0 aliphatic heterocycles. The van der Waals surface area contributed by atoms with Gasteiger partial charge in [-0.25, -0.2) is 4.68 Å². The summed E-state index contributed by atoms with van der Waals surface area (Å²) in [6.45, 7) is 3.90. The molecule has 2 aromatic heterocycles. The largest absolute Gasteiger partial charge is 0.497 e. The van der Waals surface area contributed by atoms with Gasteiger partial charge in [0.05, 0.1) is 19.5 Å². The summed E-state index contributed by atoms with van der Waals surface area (Å²) in [5, 5.41) is 4.85. The fraction of sp³-hybridized carbons (Fsp3) is 0.240. The molecule has 0 fully saturated rings. The Labute approximate surface area is 198 Å². The fourth-order valence-corrected chi connectivity index (χ4v) is 3.77. The van der Waals surface area contributed by atoms with Crippen molar-refractivity contribution in [3.63, 3.8) is 0 Å². The lowest BCUT2D eigenvalue weighted by Gasteiger charge is -2.17. The van der Waals surface area contributed by atoms with Crippen LogP contribution in [0.5, 0.6) is 11.5 Å². The zero-order valence-electron chi connectivity index (χ0n) is 19.0. The number of methoxy groups -OCH3 is 1. The molecule has 33 heavy (non-hydrogen) atoms. The second-order valence-corrected chi connectivity index (χ2v) is 8.13. The molecule has 0 aliphatic carbocycles. The number of hydrogen-bond acceptors (Lipinski definition) is 6. The van der Waals surface area contributed by atoms with Gasteiger partial charge in [-0.1, -0.05) is 12.1 Å². The molecule has 170 valence electrons. The standard InChI is InChI=1S/C25H27N5O2S/c1-19-5-4-6-23(17-19)32-16-15-28(2)18-29-25(33)30(21-7-9-22(31-3)10-8-21)24(27-29)20-11-13-26-14-12-20/h4-14,17H,15-16,18H2,1-3H3. The number of aromatic nitrogens is 4. The third-order valence-corrected chi connectivity index (χ3v) is 5.61. The average Bonchev–Trinajstić information content (AvgIpc) is 3.15. The summed E-state index contributed by atoms with van der Waals surface area (Å²) in [6, 6.07) is 19.7. The third kappa shape index (κ3) is 5.47. The van der Waals surface area contributed by atoms with Crippen LogP contribution in [0.2, 0.25) is 0 Å². The second kappa shape index (κ2) is 10.4. The van der Waals surface area contributed by atoms with Gasteiger partial charge in [-0.3, -0.25) is 14.5 Å². The van der Waals surface area contributed by atoms with Gasteiger partial charge < -0.3 is 9.47 Å². The zero-order valence-corrected chi connectivity index (χ0v) is 19.8. The van der Waals surface area contributed by atoms with E-state index in [0.717, 1.165) is 35.1 Å². The van der Waals surface area contributed by atoms with Crippen molar-refractivity contribution in [1.82, 2.24) is 24.2 Å². The molecule has 0 N–H and O–H groups in total. The molecule has 2 aromatic carbocycles. The quantitative estimate of drug-likeness (QED) is 0.335. The Morgan fingerprint density at radius 2 is 1.76 bits per heavy atom. The van der Waals surface area contributed by atoms with Gasteiger partial charge in [0.2, 0.25) is 4.77 Å². The lowest BCUT2D eigenvalue weighted by molar-refractivity contribution is 0.198. The van der Waals surface area contributed by atoms with E-state index in [1.54, 1.807) is 19.5 Å². The molecule has 4 aromatic rings. The first-order valence-electron chi connectivity index (χ1n) is 10.7. The number of hydrogen-bond donors (Lipinski definition) is 0. The summed E-state index contributed by atoms with van der Waals surface area (Å²) in [4.78, 5) is 6.26. The van der Waals surface area contributed by atoms with Crippen molar-refractivity contribution in [2.24, 2.45) is 0 Å². The lowest BCUT2D eigenvalue weighted by atomic mass is 10.2. The molecule has 2 heterocycles. The fourth-order valence-electron chi connectivity index (χ4n) is 3.48. The van der Waals surface area contributed by atoms with Crippen LogP contribution in [0.4, 0.5) is 0 Å². The van der Waals surface area contributed by atoms with Crippen LogP contribution >= 0.6 is 12.2 Å². The Kier molecular flexibility index (Phi) is 7.16. The number of nitrogens with zero attached hydrogens (tertiary/aromatic N) is 5. The maximum atomic E-state index is 5.89. The minimum Gasteiger partial charge on any atom is -0.497 e. The van der Waals surface area contributed by atoms with Crippen molar-refractivity contribution in [2.75, 3.05) is 27.3 Å². The average molecular weight is 462 g/mol. The number of aryl methyl sites for hydroxylation is 1. The van der Waals surface area contributed by atoms with Gasteiger partial charge in [0, 0.05) is 24.5 Å². The van der Waals surface area contributed by atoms with E-state index in [2.05, 4.69) is 22.9 Å². The molecule has 0 aliphatic rings. The summed E-state index contributed by atoms with van der Waals surface area (Å²) in [6.07, 6.45) is 3.51. The Morgan fingerprint density at radius 3 is 2.45 bits per heavy atom. The summed E-state index contributed by atoms with van der Waals surface area (Å²) in [7, 11) is 3.68. The normalized spacial score (nSPS) is 11.0. The molecule has 0 bridgehead atoms. The number of benzene rings is 2. The van der Waals surface area contributed by atoms with Crippen LogP contribution in [0.3, 0.4) is 0 Å². The van der Waals surface area contributed by atoms with Gasteiger partial charge >= 0.3 is 0 Å². The van der Waals surface area contributed by atoms with Crippen molar-refractivity contribution in [3.8, 4) is 28.6 Å². The maximum absolute atomic E-state index is 5.89. The molecule has 0 atom stereocenters. The van der Waals surface area contributed by atoms with Gasteiger partial charge in [-0.2, -0.15) is 0 Å². The van der Waals surface area contributed by atoms with E-state index in [1.165, 1.54) is 5.56 Å². The highest BCUT2D eigenvalue weighted by molar-refractivity contribution is 7.71. The predicted molar refractivity (Wildman–Crippen MR) is 131 cm³/mol. The monoisotopic (exact) mass is 461 g/mol. The summed E-state index contributed by atoms with van der Waals surface area (Å²) < 4.78 is 15.6. The van der Waals surface area contributed by atoms with Crippen LogP contribution in [-0.4, -0.2) is 51.5 Å². The van der Waals surface area contributed by atoms with Gasteiger partial charge in [-0.05, 0) is 80.3 Å². The van der Waals surface area contributed by atoms with E-state index in [1.807, 2.05) is 70.9 Å². The van der Waals surface area contributed by atoms with Crippen LogP contribution in [0.15, 0.2) is 73.1 Å². The Hall–Kier alpha value is -3.49. The zero-order chi connectivity index (χ0) is 23.2. The van der Waals surface area contributed by atoms with E-state index in [4.69, 9.17) is 26.8 Å². The summed E-state index contributed by atoms with van der Waals surface area (Å²) in [5.74, 6) is 2.43. The minimum absolute atomic E-state index is 0.539. The maximum Gasteiger partial charge on any atom is 0.204 e. The molecular formula is C25H27N5O2S. The molecule has 0 unspecified atom stereocenters. The lowest BCUT2D eigenvalue weighted by Crippen LogP contribution is -2.27. The first-order chi connectivity index (χ1) is 16.0. The van der Waals surface area contributed by atoms with Crippen LogP contribution < -0.4 is 9.47 Å². The van der Waals surface area contributed by atoms with E-state index in [-0.39, 0.29) is 0 Å². The highest BCUT2D eigenvalue weighted by Crippen LogP contribution is 2.24. The summed E-state index contributed by atoms with van der Waals surface area (Å²) in [5.41, 5.74) is 3.04. The van der Waals surface area contributed by atoms with Crippen molar-refractivity contribution in [1.29, 1.82) is 0 Å². The molecule has 7 nitrogen and oxygen atoms in total. The van der Waals surface area contributed by atoms with E-state index in [9.17, 15) is 0 Å². The third-order valence-electron chi connectivity index (χ3n) is 5.22. The highest BCUT2D eigenvalue weighted by Gasteiger charge is 2.15. The van der Waals surface area contributed by atoms with Crippen molar-refractivity contribution in [2.45, 2.75) is 13.6 Å². The Morgan fingerprint density at radius 1 is 1.00 bits per heavy atom. The molecule has 0 spiro atoms. The van der Waals surface area contributed by atoms with Gasteiger partial charge in [0.15, 0.2) is 5.82 Å². The second-order valence-electron chi connectivity index (χ2n) is 7.76. The van der Waals surface area contributed by atoms with Gasteiger partial charge in [0.25, 0.3) is 0 Å². The number of ether oxygens (including phenoxy) is 2. The SMILES string of the molecule is COc1ccc(-n2c(-c3ccncc3)nn(CN(C)CCOc3cccc(C)c3)c2=S)cc1. The molecule has 0 radical (unpaired) electrons. The van der Waals surface area contributed by atoms with Crippen LogP contribution in [-0.2, 0) is 6.67 Å². The molecule has 8 heteroatoms. The molecule has 0 saturated heterocycles. The van der Waals surface area contributed by atoms with E-state index < -0.39 is 0 Å². The van der Waals surface area contributed by atoms with Gasteiger partial charge in [-0.15, -0.1) is 5.10 Å². The molecule has 0 saturated carbocycles. The van der Waals surface area contributed by atoms with E-state index in [0.29, 0.717) is 18.0 Å². The number of likely N-dealkylation sites (N-methyl/N-ethyl adjacent to an activating group) is 1. The van der Waals surface area contributed by atoms with Crippen LogP contribution in [0.1, 0.15) is 5.56 Å².